The van der Waals surface area contributed by atoms with E-state index in [1.54, 1.807) is 24.3 Å². The largest absolute Gasteiger partial charge is 0.298 e. The van der Waals surface area contributed by atoms with Gasteiger partial charge in [-0.1, -0.05) is 24.3 Å². The zero-order valence-electron chi connectivity index (χ0n) is 8.94. The van der Waals surface area contributed by atoms with Crippen LogP contribution >= 0.6 is 12.2 Å². The van der Waals surface area contributed by atoms with Crippen molar-refractivity contribution in [2.45, 2.75) is 0 Å². The molecule has 0 aliphatic rings. The van der Waals surface area contributed by atoms with Gasteiger partial charge >= 0.3 is 0 Å². The second kappa shape index (κ2) is 4.08. The molecule has 0 bridgehead atoms. The molecule has 2 aromatic heterocycles. The molecule has 0 amide bonds. The Kier molecular flexibility index (Phi) is 2.41. The van der Waals surface area contributed by atoms with E-state index in [9.17, 15) is 4.79 Å². The van der Waals surface area contributed by atoms with E-state index in [2.05, 4.69) is 25.5 Å². The summed E-state index contributed by atoms with van der Waals surface area (Å²) in [6.07, 6.45) is 0.776. The minimum Gasteiger partial charge on any atom is -0.298 e. The lowest BCUT2D eigenvalue weighted by Gasteiger charge is -1.99. The summed E-state index contributed by atoms with van der Waals surface area (Å²) < 4.78 is 1.75. The van der Waals surface area contributed by atoms with Crippen molar-refractivity contribution in [1.29, 1.82) is 0 Å². The van der Waals surface area contributed by atoms with Crippen LogP contribution in [-0.4, -0.2) is 36.3 Å². The van der Waals surface area contributed by atoms with Gasteiger partial charge in [0.25, 0.3) is 5.78 Å². The van der Waals surface area contributed by atoms with Gasteiger partial charge in [0.1, 0.15) is 6.29 Å². The maximum Gasteiger partial charge on any atom is 0.289 e. The molecule has 88 valence electrons. The zero-order valence-corrected chi connectivity index (χ0v) is 9.76. The fourth-order valence-corrected chi connectivity index (χ4v) is 1.64. The van der Waals surface area contributed by atoms with E-state index in [0.717, 1.165) is 11.8 Å². The number of rotatable bonds is 2. The standard InChI is InChI=1S/C10H6N6OS/c17-5-6-1-3-7(4-2-6)8-11-12-9-13-14-10(18)16(9)15-8/h1-5H,(H,14,18). The molecule has 0 atom stereocenters. The molecule has 0 saturated carbocycles. The molecule has 0 radical (unpaired) electrons. The van der Waals surface area contributed by atoms with E-state index in [1.807, 2.05) is 0 Å². The van der Waals surface area contributed by atoms with Gasteiger partial charge in [0.2, 0.25) is 10.6 Å². The number of carbonyl (C=O) groups excluding carboxylic acids is 1. The van der Waals surface area contributed by atoms with Gasteiger partial charge in [-0.15, -0.1) is 20.4 Å². The van der Waals surface area contributed by atoms with Gasteiger partial charge in [0.15, 0.2) is 0 Å². The van der Waals surface area contributed by atoms with Gasteiger partial charge in [-0.3, -0.25) is 4.79 Å². The summed E-state index contributed by atoms with van der Waals surface area (Å²) in [5, 5.41) is 18.5. The second-order valence-corrected chi connectivity index (χ2v) is 3.89. The molecule has 18 heavy (non-hydrogen) atoms. The molecule has 2 heterocycles. The fourth-order valence-electron chi connectivity index (χ4n) is 1.47. The highest BCUT2D eigenvalue weighted by Crippen LogP contribution is 2.13. The van der Waals surface area contributed by atoms with Crippen LogP contribution in [0.5, 0.6) is 0 Å². The smallest absolute Gasteiger partial charge is 0.289 e. The monoisotopic (exact) mass is 258 g/mol. The number of nitrogens with zero attached hydrogens (tertiary/aromatic N) is 5. The van der Waals surface area contributed by atoms with Crippen molar-refractivity contribution < 1.29 is 4.79 Å². The average Bonchev–Trinajstić information content (AvgIpc) is 2.80. The molecule has 1 aromatic carbocycles. The van der Waals surface area contributed by atoms with Crippen molar-refractivity contribution in [2.75, 3.05) is 0 Å². The van der Waals surface area contributed by atoms with Crippen molar-refractivity contribution in [3.63, 3.8) is 0 Å². The van der Waals surface area contributed by atoms with Crippen LogP contribution in [0.15, 0.2) is 24.3 Å². The first-order valence-electron chi connectivity index (χ1n) is 5.02. The summed E-state index contributed by atoms with van der Waals surface area (Å²) in [6, 6.07) is 6.86. The zero-order chi connectivity index (χ0) is 12.5. The van der Waals surface area contributed by atoms with Crippen LogP contribution in [0.2, 0.25) is 0 Å². The molecule has 0 saturated heterocycles. The summed E-state index contributed by atoms with van der Waals surface area (Å²) in [5.74, 6) is 0.728. The van der Waals surface area contributed by atoms with Crippen LogP contribution in [0.25, 0.3) is 17.2 Å². The van der Waals surface area contributed by atoms with E-state index in [4.69, 9.17) is 12.2 Å². The minimum absolute atomic E-state index is 0.313. The van der Waals surface area contributed by atoms with Crippen LogP contribution in [0.1, 0.15) is 10.4 Å². The Bertz CT molecular complexity index is 775. The van der Waals surface area contributed by atoms with Crippen molar-refractivity contribution in [3.05, 3.63) is 34.6 Å². The van der Waals surface area contributed by atoms with Crippen molar-refractivity contribution in [1.82, 2.24) is 30.0 Å². The SMILES string of the molecule is O=Cc1ccc(-c2nnc3n[nH]c(=S)n3n2)cc1. The summed E-state index contributed by atoms with van der Waals surface area (Å²) in [4.78, 5) is 10.6. The second-order valence-electron chi connectivity index (χ2n) is 3.50. The van der Waals surface area contributed by atoms with Crippen molar-refractivity contribution in [2.24, 2.45) is 0 Å². The van der Waals surface area contributed by atoms with Gasteiger partial charge < -0.3 is 0 Å². The number of hydrogen-bond acceptors (Lipinski definition) is 6. The molecule has 1 N–H and O–H groups in total. The molecule has 0 fully saturated rings. The van der Waals surface area contributed by atoms with E-state index in [-0.39, 0.29) is 0 Å². The number of fused-ring (bicyclic) bond motifs is 1. The first-order valence-corrected chi connectivity index (χ1v) is 5.42. The number of H-pyrrole nitrogens is 1. The molecule has 0 unspecified atom stereocenters. The molecule has 0 aliphatic heterocycles. The molecule has 8 heteroatoms. The van der Waals surface area contributed by atoms with Crippen molar-refractivity contribution >= 4 is 24.3 Å². The highest BCUT2D eigenvalue weighted by atomic mass is 32.1. The van der Waals surface area contributed by atoms with E-state index in [1.165, 1.54) is 4.52 Å². The third kappa shape index (κ3) is 1.68. The Balaban J connectivity index is 2.15. The number of carbonyl (C=O) groups is 1. The van der Waals surface area contributed by atoms with E-state index < -0.39 is 0 Å². The molecule has 0 aliphatic carbocycles. The maximum absolute atomic E-state index is 10.6. The highest BCUT2D eigenvalue weighted by Gasteiger charge is 2.06. The maximum atomic E-state index is 10.6. The van der Waals surface area contributed by atoms with Gasteiger partial charge in [0.05, 0.1) is 0 Å². The minimum atomic E-state index is 0.313. The number of benzene rings is 1. The Morgan fingerprint density at radius 2 is 2.00 bits per heavy atom. The van der Waals surface area contributed by atoms with Crippen LogP contribution in [0, 0.1) is 4.77 Å². The predicted octanol–water partition coefficient (Wildman–Crippen LogP) is 1.06. The van der Waals surface area contributed by atoms with E-state index >= 15 is 0 Å². The van der Waals surface area contributed by atoms with Gasteiger partial charge in [-0.25, -0.2) is 5.10 Å². The lowest BCUT2D eigenvalue weighted by Crippen LogP contribution is -2.01. The lowest BCUT2D eigenvalue weighted by molar-refractivity contribution is 0.112. The highest BCUT2D eigenvalue weighted by molar-refractivity contribution is 7.71. The van der Waals surface area contributed by atoms with Crippen LogP contribution in [0.4, 0.5) is 0 Å². The summed E-state index contributed by atoms with van der Waals surface area (Å²) >= 11 is 5.00. The molecular formula is C10H6N6OS. The number of aldehydes is 1. The average molecular weight is 258 g/mol. The van der Waals surface area contributed by atoms with E-state index in [0.29, 0.717) is 21.9 Å². The van der Waals surface area contributed by atoms with Crippen LogP contribution in [0.3, 0.4) is 0 Å². The summed E-state index contributed by atoms with van der Waals surface area (Å²) in [7, 11) is 0. The Morgan fingerprint density at radius 3 is 2.72 bits per heavy atom. The normalized spacial score (nSPS) is 10.7. The number of aromatic nitrogens is 6. The molecule has 7 nitrogen and oxygen atoms in total. The van der Waals surface area contributed by atoms with Crippen LogP contribution < -0.4 is 0 Å². The molecular weight excluding hydrogens is 252 g/mol. The number of hydrogen-bond donors (Lipinski definition) is 1. The Labute approximate surface area is 105 Å². The molecule has 3 aromatic rings. The third-order valence-corrected chi connectivity index (χ3v) is 2.63. The van der Waals surface area contributed by atoms with Gasteiger partial charge in [-0.05, 0) is 12.2 Å². The predicted molar refractivity (Wildman–Crippen MR) is 64.6 cm³/mol. The first-order chi connectivity index (χ1) is 8.78. The van der Waals surface area contributed by atoms with Crippen molar-refractivity contribution in [3.8, 4) is 11.4 Å². The Morgan fingerprint density at radius 1 is 1.22 bits per heavy atom. The topological polar surface area (TPSA) is 88.8 Å². The van der Waals surface area contributed by atoms with Gasteiger partial charge in [-0.2, -0.15) is 4.52 Å². The summed E-state index contributed by atoms with van der Waals surface area (Å²) in [5.41, 5.74) is 1.34. The Hall–Kier alpha value is -2.48. The first kappa shape index (κ1) is 10.7. The van der Waals surface area contributed by atoms with Crippen LogP contribution in [-0.2, 0) is 0 Å². The fraction of sp³-hybridized carbons (Fsp3) is 0. The third-order valence-electron chi connectivity index (χ3n) is 2.37. The number of aromatic amines is 1. The lowest BCUT2D eigenvalue weighted by atomic mass is 10.1. The molecule has 3 rings (SSSR count). The summed E-state index contributed by atoms with van der Waals surface area (Å²) in [6.45, 7) is 0. The quantitative estimate of drug-likeness (QED) is 0.546. The van der Waals surface area contributed by atoms with Gasteiger partial charge in [0, 0.05) is 11.1 Å². The molecule has 0 spiro atoms. The number of nitrogens with one attached hydrogen (secondary N) is 1.